The molecule has 25 aliphatic rings. The topological polar surface area (TPSA) is 273 Å². The Labute approximate surface area is 868 Å². The molecule has 14 nitrogen and oxygen atoms in total. The number of carbonyl (C=O) groups excluding carboxylic acids is 2. The smallest absolute Gasteiger partial charge is 0.307 e. The van der Waals surface area contributed by atoms with E-state index in [1.807, 2.05) is 0 Å². The van der Waals surface area contributed by atoms with Crippen LogP contribution in [0.25, 0.3) is 0 Å². The summed E-state index contributed by atoms with van der Waals surface area (Å²) < 4.78 is 9.11. The Bertz CT molecular complexity index is 4510. The van der Waals surface area contributed by atoms with Crippen LogP contribution in [0.2, 0.25) is 0 Å². The molecule has 25 rings (SSSR count). The highest BCUT2D eigenvalue weighted by molar-refractivity contribution is 5.87. The van der Waals surface area contributed by atoms with Crippen LogP contribution in [-0.2, 0) is 19.1 Å². The summed E-state index contributed by atoms with van der Waals surface area (Å²) in [5.41, 5.74) is 4.13. The van der Waals surface area contributed by atoms with Gasteiger partial charge in [-0.3, -0.25) is 9.59 Å². The number of aliphatic hydroxyl groups is 5. The van der Waals surface area contributed by atoms with E-state index in [0.29, 0.717) is 96.4 Å². The monoisotopic (exact) mass is 1960 g/mol. The van der Waals surface area contributed by atoms with E-state index in [0.717, 1.165) is 227 Å². The van der Waals surface area contributed by atoms with Gasteiger partial charge in [0.05, 0.1) is 96.7 Å². The van der Waals surface area contributed by atoms with Gasteiger partial charge in [0, 0.05) is 32.0 Å². The van der Waals surface area contributed by atoms with Crippen LogP contribution in [0.5, 0.6) is 0 Å². The second-order valence-electron chi connectivity index (χ2n) is 58.7. The van der Waals surface area contributed by atoms with Gasteiger partial charge in [-0.25, -0.2) is 0 Å². The summed E-state index contributed by atoms with van der Waals surface area (Å²) in [6.07, 6.45) is 70.4. The van der Waals surface area contributed by atoms with E-state index in [4.69, 9.17) is 4.74 Å². The van der Waals surface area contributed by atoms with Gasteiger partial charge < -0.3 is 35.0 Å². The Morgan fingerprint density at radius 1 is 0.343 bits per heavy atom. The molecule has 0 radical (unpaired) electrons. The van der Waals surface area contributed by atoms with Gasteiger partial charge in [-0.1, -0.05) is 122 Å². The third-order valence-corrected chi connectivity index (χ3v) is 53.7. The summed E-state index contributed by atoms with van der Waals surface area (Å²) >= 11 is 0. The third kappa shape index (κ3) is 19.0. The lowest BCUT2D eigenvalue weighted by Gasteiger charge is -2.61. The van der Waals surface area contributed by atoms with Crippen molar-refractivity contribution in [3.8, 4) is 30.3 Å². The van der Waals surface area contributed by atoms with E-state index >= 15 is 0 Å². The molecule has 0 aromatic carbocycles. The molecule has 0 aromatic rings. The van der Waals surface area contributed by atoms with Crippen LogP contribution in [0, 0.1) is 305 Å². The molecule has 48 atom stereocenters. The van der Waals surface area contributed by atoms with E-state index in [1.165, 1.54) is 264 Å². The lowest BCUT2D eigenvalue weighted by atomic mass is 9.44. The van der Waals surface area contributed by atoms with Gasteiger partial charge >= 0.3 is 5.97 Å². The van der Waals surface area contributed by atoms with Crippen molar-refractivity contribution >= 4 is 11.8 Å². The Morgan fingerprint density at radius 3 is 1.01 bits per heavy atom. The summed E-state index contributed by atoms with van der Waals surface area (Å²) in [5.74, 6) is 22.6. The SMILES string of the molecule is C1CCOC1.C=COC(C)=O.C[C@H]1CC[C@@]2(C)[C@@H](CC[C@@H]3[C@@H]2CC[C@]2(C)[C@@H](C#N)CC[C@@H]32)C1.C[C@H]1C[C@@H]2CC[C@@H]3[C@H](CC[C@]4(C)[C@@H](C#N)CC[C@@H]34)[C@@]2(C)C[C@H]1O.C[C@]12CC=CC[C@@H]1CC[C@@H]1[C@@H]2CC[C@]2(C)[C@@H](C#N)CC[C@@H]12.C[C@]12CC[C@H](O)C[C@@H]1CC[C@@H]1[C@@H]2CC[C@]2(C)C(=O)CC[C@@H]12.C[C@]12CC[C@H](O)C[C@@H]1CC[C@@H]1[C@@H]2CC[C@]2(C)[C@@H](C#N)CC[C@@H]12.C[C@]12C[C@@H](O)[C@@H](O)C[C@@H]1CC[C@@H]1[C@@H]2CC[C@]2(C)[C@@H](C#N)CC[C@@H]12. The summed E-state index contributed by atoms with van der Waals surface area (Å²) in [4.78, 5) is 22.1. The molecule has 14 heteroatoms. The molecule has 0 unspecified atom stereocenters. The largest absolute Gasteiger partial charge is 0.435 e. The van der Waals surface area contributed by atoms with Gasteiger partial charge in [-0.05, 0) is 541 Å². The maximum Gasteiger partial charge on any atom is 0.307 e. The number of hydrogen-bond acceptors (Lipinski definition) is 14. The Hall–Kier alpha value is -4.17. The molecule has 23 saturated carbocycles. The summed E-state index contributed by atoms with van der Waals surface area (Å²) in [7, 11) is 0. The average Bonchev–Trinajstić information content (AvgIpc) is 1.78. The van der Waals surface area contributed by atoms with Crippen molar-refractivity contribution in [1.82, 2.24) is 0 Å². The van der Waals surface area contributed by atoms with Gasteiger partial charge in [0.15, 0.2) is 0 Å². The maximum atomic E-state index is 12.4. The molecule has 0 aromatic heterocycles. The Balaban J connectivity index is 0.000000111. The second kappa shape index (κ2) is 42.4. The summed E-state index contributed by atoms with van der Waals surface area (Å²) in [6.45, 7) is 40.8. The van der Waals surface area contributed by atoms with E-state index < -0.39 is 12.2 Å². The first-order chi connectivity index (χ1) is 68.1. The van der Waals surface area contributed by atoms with E-state index in [1.54, 1.807) is 0 Å². The number of Topliss-reactive ketones (excluding diaryl/α,β-unsaturated/α-hetero) is 1. The van der Waals surface area contributed by atoms with Gasteiger partial charge in [0.2, 0.25) is 0 Å². The van der Waals surface area contributed by atoms with Crippen LogP contribution in [-0.4, -0.2) is 81.0 Å². The lowest BCUT2D eigenvalue weighted by Crippen LogP contribution is -2.56. The number of rotatable bonds is 1. The predicted molar refractivity (Wildman–Crippen MR) is 567 cm³/mol. The number of nitriles is 5. The highest BCUT2D eigenvalue weighted by Crippen LogP contribution is 2.76. The number of ketones is 1. The highest BCUT2D eigenvalue weighted by atomic mass is 16.5. The minimum atomic E-state index is -0.543. The maximum absolute atomic E-state index is 12.4. The number of aliphatic hydroxyl groups excluding tert-OH is 5. The van der Waals surface area contributed by atoms with Crippen molar-refractivity contribution in [2.45, 2.75) is 475 Å². The van der Waals surface area contributed by atoms with Crippen LogP contribution >= 0.6 is 0 Å². The quantitative estimate of drug-likeness (QED) is 0.0928. The van der Waals surface area contributed by atoms with Gasteiger partial charge in [-0.2, -0.15) is 26.3 Å². The van der Waals surface area contributed by atoms with Crippen molar-refractivity contribution in [2.24, 2.45) is 248 Å². The normalized spacial score (nSPS) is 54.0. The van der Waals surface area contributed by atoms with Crippen molar-refractivity contribution < 1.29 is 44.6 Å². The van der Waals surface area contributed by atoms with Crippen LogP contribution < -0.4 is 0 Å². The van der Waals surface area contributed by atoms with E-state index in [-0.39, 0.29) is 57.8 Å². The molecule has 796 valence electrons. The first kappa shape index (κ1) is 109. The number of fused-ring (bicyclic) bond motifs is 30. The van der Waals surface area contributed by atoms with Gasteiger partial charge in [0.25, 0.3) is 0 Å². The van der Waals surface area contributed by atoms with E-state index in [2.05, 4.69) is 151 Å². The fourth-order valence-electron chi connectivity index (χ4n) is 45.0. The molecular formula is C129H201N5O9. The van der Waals surface area contributed by atoms with Gasteiger partial charge in [0.1, 0.15) is 5.78 Å². The van der Waals surface area contributed by atoms with Crippen molar-refractivity contribution in [3.05, 3.63) is 25.0 Å². The molecule has 0 bridgehead atoms. The van der Waals surface area contributed by atoms with Crippen molar-refractivity contribution in [1.29, 1.82) is 26.3 Å². The molecule has 143 heavy (non-hydrogen) atoms. The van der Waals surface area contributed by atoms with Crippen LogP contribution in [0.4, 0.5) is 0 Å². The zero-order valence-corrected chi connectivity index (χ0v) is 92.7. The second-order valence-corrected chi connectivity index (χ2v) is 58.7. The molecule has 24 fully saturated rings. The zero-order chi connectivity index (χ0) is 102. The fraction of sp³-hybridized carbons (Fsp3) is 0.915. The molecule has 0 spiro atoms. The summed E-state index contributed by atoms with van der Waals surface area (Å²) in [6, 6.07) is 13.2. The Kier molecular flexibility index (Phi) is 32.2. The average molecular weight is 1970 g/mol. The molecule has 24 aliphatic carbocycles. The molecule has 1 aliphatic heterocycles. The minimum Gasteiger partial charge on any atom is -0.435 e. The predicted octanol–water partition coefficient (Wildman–Crippen LogP) is 29.4. The number of carbonyl (C=O) groups is 2. The summed E-state index contributed by atoms with van der Waals surface area (Å²) in [5, 5.41) is 98.9. The first-order valence-electron chi connectivity index (χ1n) is 61.0. The van der Waals surface area contributed by atoms with Gasteiger partial charge in [-0.15, -0.1) is 0 Å². The van der Waals surface area contributed by atoms with Crippen molar-refractivity contribution in [2.75, 3.05) is 13.2 Å². The number of allylic oxidation sites excluding steroid dienone is 2. The van der Waals surface area contributed by atoms with Crippen LogP contribution in [0.15, 0.2) is 25.0 Å². The van der Waals surface area contributed by atoms with Crippen LogP contribution in [0.1, 0.15) is 444 Å². The highest BCUT2D eigenvalue weighted by Gasteiger charge is 2.69. The number of esters is 1. The molecular weight excluding hydrogens is 1760 g/mol. The van der Waals surface area contributed by atoms with E-state index in [9.17, 15) is 61.4 Å². The first-order valence-corrected chi connectivity index (χ1v) is 61.0. The minimum absolute atomic E-state index is 0.0124. The number of ether oxygens (including phenoxy) is 2. The third-order valence-electron chi connectivity index (χ3n) is 53.7. The van der Waals surface area contributed by atoms with Crippen LogP contribution in [0.3, 0.4) is 0 Å². The molecule has 0 amide bonds. The molecule has 1 saturated heterocycles. The molecule has 5 N–H and O–H groups in total. The lowest BCUT2D eigenvalue weighted by molar-refractivity contribution is -0.157. The zero-order valence-electron chi connectivity index (χ0n) is 92.7. The van der Waals surface area contributed by atoms with Crippen molar-refractivity contribution in [3.63, 3.8) is 0 Å². The fourth-order valence-corrected chi connectivity index (χ4v) is 45.0. The number of nitrogens with zero attached hydrogens (tertiary/aromatic N) is 5. The number of hydrogen-bond donors (Lipinski definition) is 5. The molecule has 1 heterocycles. The standard InChI is InChI=1S/C21H33NO.C21H33N.C20H31NO2.C20H31NO.C20H29N.C19H30O2.C4H6O2.C4H8O/c1-13-10-14-4-6-16-17-7-5-15(12-22)20(17,2)9-8-18(16)21(14,3)11-19(13)23;1-14-8-10-20(2)15(12-14)4-6-17-18-7-5-16(13-22)21(18,3)11-9-19(17)20;1-19-8-7-16-14(15(19)6-4-13(19)11-21)5-3-12-9-17(22)18(23)10-20(12,16)2;1-19-9-7-15(22)11-13(19)3-5-16-17-6-4-14(12-21)20(17,2)10-8-18(16)19;1-19-11-4-3-5-14(19)6-8-16-17-9-7-15(13-21)20(17,2)12-10-18(16)19;1-18-9-7-13(20)11-12(18)3-4-14-15-5-6-17(21)19(15,2)10-8-16(14)18;1-3-6-4(2)5;1-2-4-5-3-1/h13-19,23H,4-11H2,1-3H3;14-19H,4-12H2,1-3H3;12-18,22-23H,3-10H2,1-2H3;13-18,22H,3-11H2,1-2H3;3-4,14-18H,5-12H2,1-2H3;12-16,20H,3-11H2,1-2H3;3H,1H2,2H3;1-4H2/t13-,14-,15+,16-,17-,18-,19+,20+,21-;14-,15-,16+,17-,18-,19-,20-,21+;12-,13+,14-,15-,16-,17-,18+,19+,20-;13-,14+,15-,16-,17-,18-,19-,20+;14-,15-,16+,17+,18+,19+,20-;12-,13-,14-,15-,16-,18-,19-;;/m000010../s1. The Morgan fingerprint density at radius 2 is 0.657 bits per heavy atom.